The molecule has 5 heteroatoms. The highest BCUT2D eigenvalue weighted by molar-refractivity contribution is 5.94. The van der Waals surface area contributed by atoms with Crippen LogP contribution in [-0.2, 0) is 0 Å². The number of carbonyl (C=O) groups excluding carboxylic acids is 1. The van der Waals surface area contributed by atoms with E-state index in [4.69, 9.17) is 5.11 Å². The molecule has 0 bridgehead atoms. The second-order valence-corrected chi connectivity index (χ2v) is 3.95. The highest BCUT2D eigenvalue weighted by Crippen LogP contribution is 2.10. The van der Waals surface area contributed by atoms with Gasteiger partial charge in [-0.15, -0.1) is 0 Å². The van der Waals surface area contributed by atoms with Crippen molar-refractivity contribution in [1.82, 2.24) is 14.7 Å². The average molecular weight is 245 g/mol. The number of aromatic nitrogens is 2. The Bertz CT molecular complexity index is 506. The zero-order valence-corrected chi connectivity index (χ0v) is 10.2. The summed E-state index contributed by atoms with van der Waals surface area (Å²) in [6.45, 7) is 0.299. The lowest BCUT2D eigenvalue weighted by Gasteiger charge is -2.15. The predicted octanol–water partition coefficient (Wildman–Crippen LogP) is 0.937. The number of benzene rings is 1. The second kappa shape index (κ2) is 5.46. The van der Waals surface area contributed by atoms with Crippen LogP contribution < -0.4 is 0 Å². The van der Waals surface area contributed by atoms with Crippen LogP contribution in [0.15, 0.2) is 42.7 Å². The first kappa shape index (κ1) is 12.3. The van der Waals surface area contributed by atoms with Crippen molar-refractivity contribution in [2.45, 2.75) is 0 Å². The molecular formula is C13H15N3O2. The van der Waals surface area contributed by atoms with E-state index in [1.165, 1.54) is 4.90 Å². The van der Waals surface area contributed by atoms with E-state index in [0.717, 1.165) is 5.69 Å². The molecule has 2 rings (SSSR count). The zero-order chi connectivity index (χ0) is 13.0. The van der Waals surface area contributed by atoms with Gasteiger partial charge < -0.3 is 10.0 Å². The molecule has 1 N–H and O–H groups in total. The Morgan fingerprint density at radius 3 is 2.67 bits per heavy atom. The second-order valence-electron chi connectivity index (χ2n) is 3.95. The molecule has 18 heavy (non-hydrogen) atoms. The molecule has 5 nitrogen and oxygen atoms in total. The van der Waals surface area contributed by atoms with E-state index in [9.17, 15) is 4.79 Å². The maximum absolute atomic E-state index is 11.9. The largest absolute Gasteiger partial charge is 0.395 e. The number of likely N-dealkylation sites (N-methyl/N-ethyl adjacent to an activating group) is 1. The fourth-order valence-electron chi connectivity index (χ4n) is 1.65. The number of nitrogens with zero attached hydrogens (tertiary/aromatic N) is 3. The molecule has 94 valence electrons. The fourth-order valence-corrected chi connectivity index (χ4v) is 1.65. The van der Waals surface area contributed by atoms with Crippen LogP contribution in [0.25, 0.3) is 5.69 Å². The summed E-state index contributed by atoms with van der Waals surface area (Å²) in [4.78, 5) is 13.4. The molecule has 0 saturated heterocycles. The Kier molecular flexibility index (Phi) is 3.74. The van der Waals surface area contributed by atoms with Crippen LogP contribution in [0.3, 0.4) is 0 Å². The Labute approximate surface area is 105 Å². The summed E-state index contributed by atoms with van der Waals surface area (Å²) >= 11 is 0. The monoisotopic (exact) mass is 245 g/mol. The van der Waals surface area contributed by atoms with Gasteiger partial charge in [-0.2, -0.15) is 5.10 Å². The van der Waals surface area contributed by atoms with E-state index in [0.29, 0.717) is 12.1 Å². The van der Waals surface area contributed by atoms with Gasteiger partial charge in [0.15, 0.2) is 0 Å². The van der Waals surface area contributed by atoms with E-state index in [2.05, 4.69) is 5.10 Å². The van der Waals surface area contributed by atoms with E-state index >= 15 is 0 Å². The summed E-state index contributed by atoms with van der Waals surface area (Å²) < 4.78 is 1.73. The van der Waals surface area contributed by atoms with Gasteiger partial charge in [0.05, 0.1) is 12.3 Å². The van der Waals surface area contributed by atoms with Crippen LogP contribution in [0.2, 0.25) is 0 Å². The third kappa shape index (κ3) is 2.57. The summed E-state index contributed by atoms with van der Waals surface area (Å²) in [6, 6.07) is 9.04. The van der Waals surface area contributed by atoms with Crippen molar-refractivity contribution in [3.63, 3.8) is 0 Å². The van der Waals surface area contributed by atoms with Crippen molar-refractivity contribution in [1.29, 1.82) is 0 Å². The molecule has 0 atom stereocenters. The SMILES string of the molecule is CN(CCO)C(=O)c1ccc(-n2cccn2)cc1. The van der Waals surface area contributed by atoms with Gasteiger partial charge in [0.25, 0.3) is 5.91 Å². The molecule has 0 radical (unpaired) electrons. The highest BCUT2D eigenvalue weighted by atomic mass is 16.3. The maximum Gasteiger partial charge on any atom is 0.253 e. The first-order chi connectivity index (χ1) is 8.72. The fraction of sp³-hybridized carbons (Fsp3) is 0.231. The van der Waals surface area contributed by atoms with Gasteiger partial charge in [-0.1, -0.05) is 0 Å². The minimum absolute atomic E-state index is 0.0341. The molecule has 1 amide bonds. The zero-order valence-electron chi connectivity index (χ0n) is 10.2. The smallest absolute Gasteiger partial charge is 0.253 e. The van der Waals surface area contributed by atoms with Crippen molar-refractivity contribution >= 4 is 5.91 Å². The number of hydrogen-bond donors (Lipinski definition) is 1. The third-order valence-electron chi connectivity index (χ3n) is 2.67. The van der Waals surface area contributed by atoms with Crippen molar-refractivity contribution in [2.24, 2.45) is 0 Å². The molecule has 0 fully saturated rings. The van der Waals surface area contributed by atoms with Gasteiger partial charge in [-0.05, 0) is 30.3 Å². The van der Waals surface area contributed by atoms with Crippen molar-refractivity contribution in [3.05, 3.63) is 48.3 Å². The number of aliphatic hydroxyl groups excluding tert-OH is 1. The number of carbonyl (C=O) groups is 1. The van der Waals surface area contributed by atoms with Gasteiger partial charge in [0.2, 0.25) is 0 Å². The highest BCUT2D eigenvalue weighted by Gasteiger charge is 2.10. The topological polar surface area (TPSA) is 58.4 Å². The van der Waals surface area contributed by atoms with E-state index in [-0.39, 0.29) is 12.5 Å². The molecule has 0 saturated carbocycles. The minimum atomic E-state index is -0.101. The quantitative estimate of drug-likeness (QED) is 0.872. The van der Waals surface area contributed by atoms with E-state index in [1.54, 1.807) is 30.1 Å². The number of aliphatic hydroxyl groups is 1. The van der Waals surface area contributed by atoms with E-state index < -0.39 is 0 Å². The summed E-state index contributed by atoms with van der Waals surface area (Å²) in [5, 5.41) is 12.9. The van der Waals surface area contributed by atoms with Crippen molar-refractivity contribution < 1.29 is 9.90 Å². The van der Waals surface area contributed by atoms with Crippen molar-refractivity contribution in [3.8, 4) is 5.69 Å². The average Bonchev–Trinajstić information content (AvgIpc) is 2.92. The van der Waals surface area contributed by atoms with Crippen LogP contribution in [0.5, 0.6) is 0 Å². The number of rotatable bonds is 4. The first-order valence-corrected chi connectivity index (χ1v) is 5.69. The van der Waals surface area contributed by atoms with Gasteiger partial charge in [-0.25, -0.2) is 4.68 Å². The van der Waals surface area contributed by atoms with Gasteiger partial charge in [-0.3, -0.25) is 4.79 Å². The Hall–Kier alpha value is -2.14. The van der Waals surface area contributed by atoms with Gasteiger partial charge >= 0.3 is 0 Å². The molecule has 1 aromatic heterocycles. The lowest BCUT2D eigenvalue weighted by molar-refractivity contribution is 0.0767. The Balaban J connectivity index is 2.15. The molecular weight excluding hydrogens is 230 g/mol. The number of hydrogen-bond acceptors (Lipinski definition) is 3. The van der Waals surface area contributed by atoms with Crippen LogP contribution in [0.4, 0.5) is 0 Å². The van der Waals surface area contributed by atoms with Crippen LogP contribution in [-0.4, -0.2) is 45.9 Å². The first-order valence-electron chi connectivity index (χ1n) is 5.69. The Morgan fingerprint density at radius 1 is 1.39 bits per heavy atom. The van der Waals surface area contributed by atoms with Crippen LogP contribution in [0, 0.1) is 0 Å². The molecule has 2 aromatic rings. The van der Waals surface area contributed by atoms with Gasteiger partial charge in [0, 0.05) is 31.5 Å². The molecule has 0 aliphatic rings. The molecule has 0 aliphatic carbocycles. The molecule has 0 spiro atoms. The lowest BCUT2D eigenvalue weighted by atomic mass is 10.2. The summed E-state index contributed by atoms with van der Waals surface area (Å²) in [5.41, 5.74) is 1.50. The van der Waals surface area contributed by atoms with Crippen molar-refractivity contribution in [2.75, 3.05) is 20.2 Å². The summed E-state index contributed by atoms with van der Waals surface area (Å²) in [5.74, 6) is -0.101. The maximum atomic E-state index is 11.9. The minimum Gasteiger partial charge on any atom is -0.395 e. The van der Waals surface area contributed by atoms with E-state index in [1.807, 2.05) is 24.4 Å². The summed E-state index contributed by atoms with van der Waals surface area (Å²) in [6.07, 6.45) is 3.54. The predicted molar refractivity (Wildman–Crippen MR) is 67.6 cm³/mol. The lowest BCUT2D eigenvalue weighted by Crippen LogP contribution is -2.29. The summed E-state index contributed by atoms with van der Waals surface area (Å²) in [7, 11) is 1.67. The van der Waals surface area contributed by atoms with Gasteiger partial charge in [0.1, 0.15) is 0 Å². The Morgan fingerprint density at radius 2 is 2.11 bits per heavy atom. The molecule has 1 aromatic carbocycles. The number of amides is 1. The normalized spacial score (nSPS) is 10.3. The van der Waals surface area contributed by atoms with Crippen LogP contribution >= 0.6 is 0 Å². The van der Waals surface area contributed by atoms with Crippen LogP contribution in [0.1, 0.15) is 10.4 Å². The molecule has 0 unspecified atom stereocenters. The third-order valence-corrected chi connectivity index (χ3v) is 2.67. The standard InChI is InChI=1S/C13H15N3O2/c1-15(9-10-17)13(18)11-3-5-12(6-4-11)16-8-2-7-14-16/h2-8,17H,9-10H2,1H3. The molecule has 0 aliphatic heterocycles. The molecule has 1 heterocycles.